The van der Waals surface area contributed by atoms with E-state index in [2.05, 4.69) is 27.4 Å². The van der Waals surface area contributed by atoms with E-state index in [4.69, 9.17) is 16.7 Å². The van der Waals surface area contributed by atoms with Crippen LogP contribution in [-0.2, 0) is 11.3 Å². The molecule has 0 amide bonds. The predicted molar refractivity (Wildman–Crippen MR) is 92.2 cm³/mol. The lowest BCUT2D eigenvalue weighted by Gasteiger charge is -2.21. The molecule has 0 unspecified atom stereocenters. The molecule has 0 saturated carbocycles. The first-order valence-electron chi connectivity index (χ1n) is 6.11. The van der Waals surface area contributed by atoms with Crippen molar-refractivity contribution in [1.29, 1.82) is 0 Å². The van der Waals surface area contributed by atoms with Crippen molar-refractivity contribution < 1.29 is 9.90 Å². The number of carbonyl (C=O) groups is 1. The fourth-order valence-electron chi connectivity index (χ4n) is 1.97. The summed E-state index contributed by atoms with van der Waals surface area (Å²) in [6, 6.07) is 7.60. The van der Waals surface area contributed by atoms with Crippen molar-refractivity contribution in [2.45, 2.75) is 6.54 Å². The second kappa shape index (κ2) is 7.11. The first kappa shape index (κ1) is 16.1. The Kier molecular flexibility index (Phi) is 5.45. The Balaban J connectivity index is 2.29. The number of aliphatic carboxylic acids is 1. The van der Waals surface area contributed by atoms with Crippen LogP contribution in [0.3, 0.4) is 0 Å². The van der Waals surface area contributed by atoms with Gasteiger partial charge >= 0.3 is 5.97 Å². The number of carboxylic acid groups (broad SMARTS) is 1. The Morgan fingerprint density at radius 1 is 1.52 bits per heavy atom. The minimum Gasteiger partial charge on any atom is -0.478 e. The summed E-state index contributed by atoms with van der Waals surface area (Å²) in [4.78, 5) is 12.8. The molecule has 0 aliphatic rings. The monoisotopic (exact) mass is 385 g/mol. The number of hydrogen-bond donors (Lipinski definition) is 1. The second-order valence-corrected chi connectivity index (χ2v) is 7.16. The summed E-state index contributed by atoms with van der Waals surface area (Å²) in [6.45, 7) is 0.719. The van der Waals surface area contributed by atoms with E-state index in [1.165, 1.54) is 11.6 Å². The van der Waals surface area contributed by atoms with Crippen molar-refractivity contribution in [3.05, 3.63) is 55.7 Å². The van der Waals surface area contributed by atoms with E-state index in [0.717, 1.165) is 22.1 Å². The van der Waals surface area contributed by atoms with Crippen molar-refractivity contribution in [3.63, 3.8) is 0 Å². The predicted octanol–water partition coefficient (Wildman–Crippen LogP) is 4.90. The third-order valence-electron chi connectivity index (χ3n) is 2.88. The number of anilines is 1. The fourth-order valence-corrected chi connectivity index (χ4v) is 3.40. The lowest BCUT2D eigenvalue weighted by atomic mass is 10.1. The molecule has 0 fully saturated rings. The Bertz CT molecular complexity index is 684. The van der Waals surface area contributed by atoms with Gasteiger partial charge in [-0.1, -0.05) is 17.7 Å². The second-order valence-electron chi connectivity index (χ2n) is 4.46. The van der Waals surface area contributed by atoms with Gasteiger partial charge in [-0.3, -0.25) is 0 Å². The van der Waals surface area contributed by atoms with E-state index >= 15 is 0 Å². The topological polar surface area (TPSA) is 40.5 Å². The highest BCUT2D eigenvalue weighted by molar-refractivity contribution is 9.11. The molecule has 2 rings (SSSR count). The van der Waals surface area contributed by atoms with Crippen molar-refractivity contribution in [2.24, 2.45) is 0 Å². The van der Waals surface area contributed by atoms with E-state index in [0.29, 0.717) is 10.6 Å². The maximum absolute atomic E-state index is 10.7. The molecular weight excluding hydrogens is 374 g/mol. The molecule has 1 aromatic heterocycles. The molecule has 2 aromatic rings. The van der Waals surface area contributed by atoms with Crippen LogP contribution in [0.1, 0.15) is 11.1 Å². The summed E-state index contributed by atoms with van der Waals surface area (Å²) in [6.07, 6.45) is 2.62. The Labute approximate surface area is 140 Å². The van der Waals surface area contributed by atoms with Gasteiger partial charge in [0.2, 0.25) is 0 Å². The molecule has 0 spiro atoms. The molecule has 1 aromatic carbocycles. The van der Waals surface area contributed by atoms with Crippen molar-refractivity contribution in [2.75, 3.05) is 11.9 Å². The molecule has 0 saturated heterocycles. The zero-order valence-corrected chi connectivity index (χ0v) is 14.4. The average molecular weight is 387 g/mol. The van der Waals surface area contributed by atoms with Crippen molar-refractivity contribution in [3.8, 4) is 0 Å². The zero-order valence-electron chi connectivity index (χ0n) is 11.2. The Morgan fingerprint density at radius 3 is 2.90 bits per heavy atom. The summed E-state index contributed by atoms with van der Waals surface area (Å²) in [5.74, 6) is -0.995. The summed E-state index contributed by atoms with van der Waals surface area (Å²) < 4.78 is 1.09. The van der Waals surface area contributed by atoms with Gasteiger partial charge in [0.1, 0.15) is 0 Å². The number of hydrogen-bond acceptors (Lipinski definition) is 3. The first-order chi connectivity index (χ1) is 9.97. The molecule has 0 atom stereocenters. The van der Waals surface area contributed by atoms with Gasteiger partial charge < -0.3 is 10.0 Å². The van der Waals surface area contributed by atoms with Crippen LogP contribution in [-0.4, -0.2) is 18.1 Å². The largest absolute Gasteiger partial charge is 0.478 e. The number of nitrogens with zero attached hydrogens (tertiary/aromatic N) is 1. The highest BCUT2D eigenvalue weighted by Crippen LogP contribution is 2.30. The van der Waals surface area contributed by atoms with Gasteiger partial charge in [0.25, 0.3) is 0 Å². The summed E-state index contributed by atoms with van der Waals surface area (Å²) in [7, 11) is 1.95. The van der Waals surface area contributed by atoms with Crippen LogP contribution >= 0.6 is 38.9 Å². The van der Waals surface area contributed by atoms with Gasteiger partial charge in [-0.2, -0.15) is 0 Å². The van der Waals surface area contributed by atoms with E-state index < -0.39 is 5.97 Å². The number of benzene rings is 1. The molecule has 0 bridgehead atoms. The number of rotatable bonds is 5. The van der Waals surface area contributed by atoms with Crippen LogP contribution in [0.15, 0.2) is 39.5 Å². The first-order valence-corrected chi connectivity index (χ1v) is 8.16. The molecule has 1 heterocycles. The molecule has 1 N–H and O–H groups in total. The maximum Gasteiger partial charge on any atom is 0.328 e. The van der Waals surface area contributed by atoms with Gasteiger partial charge in [-0.25, -0.2) is 4.79 Å². The molecule has 0 radical (unpaired) electrons. The molecule has 0 aliphatic carbocycles. The van der Waals surface area contributed by atoms with Crippen LogP contribution in [0.25, 0.3) is 6.08 Å². The Morgan fingerprint density at radius 2 is 2.29 bits per heavy atom. The number of carboxylic acids is 1. The maximum atomic E-state index is 10.7. The molecule has 3 nitrogen and oxygen atoms in total. The van der Waals surface area contributed by atoms with Gasteiger partial charge in [0, 0.05) is 35.9 Å². The molecule has 0 aliphatic heterocycles. The lowest BCUT2D eigenvalue weighted by Crippen LogP contribution is -2.17. The van der Waals surface area contributed by atoms with Crippen molar-refractivity contribution in [1.82, 2.24) is 0 Å². The van der Waals surface area contributed by atoms with Crippen LogP contribution in [0, 0.1) is 0 Å². The van der Waals surface area contributed by atoms with Crippen molar-refractivity contribution >= 4 is 56.6 Å². The minimum absolute atomic E-state index is 0.531. The third kappa shape index (κ3) is 4.33. The molecular formula is C15H13BrClNO2S. The fraction of sp³-hybridized carbons (Fsp3) is 0.133. The summed E-state index contributed by atoms with van der Waals surface area (Å²) >= 11 is 11.3. The average Bonchev–Trinajstić information content (AvgIpc) is 2.82. The Hall–Kier alpha value is -1.30. The van der Waals surface area contributed by atoms with E-state index in [1.807, 2.05) is 24.1 Å². The van der Waals surface area contributed by atoms with Gasteiger partial charge in [-0.05, 0) is 51.1 Å². The normalized spacial score (nSPS) is 11.0. The minimum atomic E-state index is -0.995. The van der Waals surface area contributed by atoms with E-state index in [9.17, 15) is 4.79 Å². The number of halogens is 2. The quantitative estimate of drug-likeness (QED) is 0.743. The highest BCUT2D eigenvalue weighted by atomic mass is 79.9. The highest BCUT2D eigenvalue weighted by Gasteiger charge is 2.10. The van der Waals surface area contributed by atoms with Gasteiger partial charge in [-0.15, -0.1) is 11.3 Å². The lowest BCUT2D eigenvalue weighted by molar-refractivity contribution is -0.131. The van der Waals surface area contributed by atoms with Crippen LogP contribution in [0.4, 0.5) is 5.69 Å². The molecule has 21 heavy (non-hydrogen) atoms. The molecule has 6 heteroatoms. The van der Waals surface area contributed by atoms with Gasteiger partial charge in [0.05, 0.1) is 3.79 Å². The van der Waals surface area contributed by atoms with E-state index in [-0.39, 0.29) is 0 Å². The molecule has 110 valence electrons. The third-order valence-corrected chi connectivity index (χ3v) is 4.76. The van der Waals surface area contributed by atoms with Gasteiger partial charge in [0.15, 0.2) is 0 Å². The van der Waals surface area contributed by atoms with E-state index in [1.54, 1.807) is 17.4 Å². The summed E-state index contributed by atoms with van der Waals surface area (Å²) in [5.41, 5.74) is 2.78. The number of thiophene rings is 1. The SMILES string of the molecule is CN(Cc1csc(Br)c1)c1cccc(Cl)c1C=CC(=O)O. The smallest absolute Gasteiger partial charge is 0.328 e. The van der Waals surface area contributed by atoms with Crippen LogP contribution in [0.5, 0.6) is 0 Å². The standard InChI is InChI=1S/C15H13BrClNO2S/c1-18(8-10-7-14(16)21-9-10)13-4-2-3-12(17)11(13)5-6-15(19)20/h2-7,9H,8H2,1H3,(H,19,20). The zero-order chi connectivity index (χ0) is 15.4. The van der Waals surface area contributed by atoms with Crippen LogP contribution < -0.4 is 4.90 Å². The summed E-state index contributed by atoms with van der Waals surface area (Å²) in [5, 5.41) is 11.4. The van der Waals surface area contributed by atoms with Crippen LogP contribution in [0.2, 0.25) is 5.02 Å².